The van der Waals surface area contributed by atoms with E-state index in [0.29, 0.717) is 5.41 Å². The van der Waals surface area contributed by atoms with Crippen LogP contribution in [-0.2, 0) is 4.79 Å². The normalized spacial score (nSPS) is 22.2. The van der Waals surface area contributed by atoms with Gasteiger partial charge in [0.2, 0.25) is 0 Å². The number of anilines is 3. The minimum atomic E-state index is -0.865. The third kappa shape index (κ3) is 3.45. The number of rotatable bonds is 5. The highest BCUT2D eigenvalue weighted by atomic mass is 16.4. The topological polar surface area (TPSA) is 68.7 Å². The highest BCUT2D eigenvalue weighted by Gasteiger charge is 2.43. The Morgan fingerprint density at radius 2 is 1.85 bits per heavy atom. The van der Waals surface area contributed by atoms with Crippen LogP contribution in [0.25, 0.3) is 0 Å². The van der Waals surface area contributed by atoms with Gasteiger partial charge in [-0.15, -0.1) is 0 Å². The van der Waals surface area contributed by atoms with Crippen LogP contribution in [0.5, 0.6) is 0 Å². The van der Waals surface area contributed by atoms with E-state index >= 15 is 0 Å². The summed E-state index contributed by atoms with van der Waals surface area (Å²) in [6.45, 7) is 4.11. The Kier molecular flexibility index (Phi) is 4.41. The Labute approximate surface area is 153 Å². The Bertz CT molecular complexity index is 782. The average Bonchev–Trinajstić information content (AvgIpc) is 3.28. The van der Waals surface area contributed by atoms with Crippen molar-refractivity contribution in [2.24, 2.45) is 5.41 Å². The van der Waals surface area contributed by atoms with Crippen molar-refractivity contribution in [3.05, 3.63) is 48.7 Å². The zero-order valence-electron chi connectivity index (χ0n) is 14.8. The highest BCUT2D eigenvalue weighted by Crippen LogP contribution is 2.42. The summed E-state index contributed by atoms with van der Waals surface area (Å²) in [4.78, 5) is 20.1. The molecule has 2 aromatic rings. The van der Waals surface area contributed by atoms with Crippen molar-refractivity contribution < 1.29 is 9.90 Å². The van der Waals surface area contributed by atoms with E-state index in [1.165, 1.54) is 18.5 Å². The van der Waals surface area contributed by atoms with Crippen LogP contribution in [0, 0.1) is 5.41 Å². The summed E-state index contributed by atoms with van der Waals surface area (Å²) in [6, 6.07) is 14.4. The molecule has 0 saturated carbocycles. The van der Waals surface area contributed by atoms with Gasteiger partial charge in [-0.2, -0.15) is 0 Å². The van der Waals surface area contributed by atoms with E-state index in [2.05, 4.69) is 50.4 Å². The van der Waals surface area contributed by atoms with Crippen molar-refractivity contribution >= 4 is 23.2 Å². The minimum Gasteiger partial charge on any atom is -0.480 e. The molecule has 2 N–H and O–H groups in total. The fourth-order valence-corrected chi connectivity index (χ4v) is 4.14. The van der Waals surface area contributed by atoms with Gasteiger partial charge >= 0.3 is 5.97 Å². The second-order valence-corrected chi connectivity index (χ2v) is 7.33. The quantitative estimate of drug-likeness (QED) is 0.862. The van der Waals surface area contributed by atoms with E-state index in [1.807, 2.05) is 12.1 Å². The lowest BCUT2D eigenvalue weighted by atomic mass is 9.86. The van der Waals surface area contributed by atoms with Gasteiger partial charge in [0.1, 0.15) is 12.4 Å². The van der Waals surface area contributed by atoms with E-state index in [1.54, 1.807) is 6.20 Å². The fraction of sp³-hybridized carbons (Fsp3) is 0.400. The Hall–Kier alpha value is -2.76. The molecule has 0 radical (unpaired) electrons. The van der Waals surface area contributed by atoms with E-state index in [9.17, 15) is 4.79 Å². The number of carboxylic acid groups (broad SMARTS) is 1. The van der Waals surface area contributed by atoms with Gasteiger partial charge in [-0.25, -0.2) is 4.98 Å². The number of aliphatic carboxylic acids is 1. The van der Waals surface area contributed by atoms with Crippen LogP contribution in [-0.4, -0.2) is 48.8 Å². The first-order valence-corrected chi connectivity index (χ1v) is 9.10. The number of carbonyl (C=O) groups is 1. The molecule has 1 spiro atoms. The average molecular weight is 352 g/mol. The predicted molar refractivity (Wildman–Crippen MR) is 103 cm³/mol. The molecule has 1 atom stereocenters. The lowest BCUT2D eigenvalue weighted by molar-refractivity contribution is -0.134. The molecule has 1 aromatic heterocycles. The van der Waals surface area contributed by atoms with E-state index < -0.39 is 5.97 Å². The van der Waals surface area contributed by atoms with Crippen molar-refractivity contribution in [2.75, 3.05) is 47.8 Å². The number of benzene rings is 1. The van der Waals surface area contributed by atoms with Gasteiger partial charge in [0.25, 0.3) is 0 Å². The van der Waals surface area contributed by atoms with E-state index in [0.717, 1.165) is 37.7 Å². The number of nitrogens with one attached hydrogen (secondary N) is 1. The summed E-state index contributed by atoms with van der Waals surface area (Å²) in [5, 5.41) is 11.7. The smallest absolute Gasteiger partial charge is 0.322 e. The van der Waals surface area contributed by atoms with Gasteiger partial charge in [-0.1, -0.05) is 18.2 Å². The van der Waals surface area contributed by atoms with Gasteiger partial charge < -0.3 is 20.2 Å². The first-order valence-electron chi connectivity index (χ1n) is 9.10. The number of nitrogens with zero attached hydrogens (tertiary/aromatic N) is 3. The van der Waals surface area contributed by atoms with Crippen molar-refractivity contribution in [2.45, 2.75) is 12.8 Å². The van der Waals surface area contributed by atoms with E-state index in [-0.39, 0.29) is 6.54 Å². The Balaban J connectivity index is 1.42. The molecule has 0 aliphatic carbocycles. The molecule has 136 valence electrons. The highest BCUT2D eigenvalue weighted by molar-refractivity contribution is 5.73. The summed E-state index contributed by atoms with van der Waals surface area (Å²) in [7, 11) is 0. The molecule has 6 heteroatoms. The molecule has 2 fully saturated rings. The van der Waals surface area contributed by atoms with Gasteiger partial charge in [0.15, 0.2) is 0 Å². The van der Waals surface area contributed by atoms with Crippen molar-refractivity contribution in [1.82, 2.24) is 4.98 Å². The number of carboxylic acids is 1. The predicted octanol–water partition coefficient (Wildman–Crippen LogP) is 2.68. The Morgan fingerprint density at radius 3 is 2.62 bits per heavy atom. The van der Waals surface area contributed by atoms with Crippen LogP contribution in [0.2, 0.25) is 0 Å². The molecule has 2 saturated heterocycles. The van der Waals surface area contributed by atoms with Crippen molar-refractivity contribution in [1.29, 1.82) is 0 Å². The first kappa shape index (κ1) is 16.7. The van der Waals surface area contributed by atoms with Crippen LogP contribution in [0.1, 0.15) is 12.8 Å². The maximum absolute atomic E-state index is 10.7. The summed E-state index contributed by atoms with van der Waals surface area (Å²) in [5.41, 5.74) is 2.43. The number of hydrogen-bond acceptors (Lipinski definition) is 5. The molecule has 1 unspecified atom stereocenters. The van der Waals surface area contributed by atoms with Gasteiger partial charge in [-0.05, 0) is 31.0 Å². The molecular weight excluding hydrogens is 328 g/mol. The van der Waals surface area contributed by atoms with Crippen LogP contribution >= 0.6 is 0 Å². The lowest BCUT2D eigenvalue weighted by Gasteiger charge is -2.26. The third-order valence-electron chi connectivity index (χ3n) is 5.51. The molecular formula is C20H24N4O2. The zero-order chi connectivity index (χ0) is 18.0. The van der Waals surface area contributed by atoms with Crippen molar-refractivity contribution in [3.63, 3.8) is 0 Å². The summed E-state index contributed by atoms with van der Waals surface area (Å²) in [5.74, 6) is 0.0610. The summed E-state index contributed by atoms with van der Waals surface area (Å²) >= 11 is 0. The molecule has 3 heterocycles. The fourth-order valence-electron chi connectivity index (χ4n) is 4.14. The molecule has 2 aliphatic rings. The number of pyridine rings is 1. The van der Waals surface area contributed by atoms with Crippen LogP contribution in [0.3, 0.4) is 0 Å². The van der Waals surface area contributed by atoms with Gasteiger partial charge in [0.05, 0.1) is 0 Å². The molecule has 6 nitrogen and oxygen atoms in total. The Morgan fingerprint density at radius 1 is 1.12 bits per heavy atom. The summed E-state index contributed by atoms with van der Waals surface area (Å²) < 4.78 is 0. The minimum absolute atomic E-state index is 0.0839. The first-order chi connectivity index (χ1) is 12.6. The van der Waals surface area contributed by atoms with E-state index in [4.69, 9.17) is 5.11 Å². The second kappa shape index (κ2) is 6.86. The number of hydrogen-bond donors (Lipinski definition) is 2. The van der Waals surface area contributed by atoms with Gasteiger partial charge in [0, 0.05) is 55.2 Å². The standard InChI is InChI=1S/C20H24N4O2/c25-19(26)13-22-16-6-9-21-18(12-16)24-11-8-20(15-24)7-10-23(14-20)17-4-2-1-3-5-17/h1-6,9,12H,7-8,10-11,13-15H2,(H,21,22)(H,25,26). The lowest BCUT2D eigenvalue weighted by Crippen LogP contribution is -2.31. The molecule has 2 aliphatic heterocycles. The largest absolute Gasteiger partial charge is 0.480 e. The number of aromatic nitrogens is 1. The second-order valence-electron chi connectivity index (χ2n) is 7.33. The molecule has 1 aromatic carbocycles. The van der Waals surface area contributed by atoms with Gasteiger partial charge in [-0.3, -0.25) is 4.79 Å². The molecule has 0 bridgehead atoms. The monoisotopic (exact) mass is 352 g/mol. The number of para-hydroxylation sites is 1. The summed E-state index contributed by atoms with van der Waals surface area (Å²) in [6.07, 6.45) is 4.12. The van der Waals surface area contributed by atoms with Crippen LogP contribution in [0.15, 0.2) is 48.7 Å². The molecule has 4 rings (SSSR count). The molecule has 26 heavy (non-hydrogen) atoms. The van der Waals surface area contributed by atoms with Crippen LogP contribution in [0.4, 0.5) is 17.2 Å². The van der Waals surface area contributed by atoms with Crippen molar-refractivity contribution in [3.8, 4) is 0 Å². The third-order valence-corrected chi connectivity index (χ3v) is 5.51. The molecule has 0 amide bonds. The van der Waals surface area contributed by atoms with Crippen LogP contribution < -0.4 is 15.1 Å². The maximum Gasteiger partial charge on any atom is 0.322 e. The maximum atomic E-state index is 10.7. The SMILES string of the molecule is O=C(O)CNc1ccnc(N2CCC3(CCN(c4ccccc4)C3)C2)c1. The zero-order valence-corrected chi connectivity index (χ0v) is 14.8.